The van der Waals surface area contributed by atoms with Crippen LogP contribution in [0.25, 0.3) is 0 Å². The number of aryl methyl sites for hydroxylation is 2. The van der Waals surface area contributed by atoms with Gasteiger partial charge in [0.05, 0.1) is 0 Å². The number of rotatable bonds is 7. The number of aromatic nitrogens is 2. The minimum absolute atomic E-state index is 0.319. The van der Waals surface area contributed by atoms with Crippen LogP contribution in [-0.2, 0) is 19.5 Å². The molecule has 28 heavy (non-hydrogen) atoms. The van der Waals surface area contributed by atoms with E-state index >= 15 is 0 Å². The van der Waals surface area contributed by atoms with Gasteiger partial charge in [0.15, 0.2) is 5.96 Å². The molecule has 1 atom stereocenters. The second-order valence-electron chi connectivity index (χ2n) is 7.11. The van der Waals surface area contributed by atoms with Crippen molar-refractivity contribution in [2.75, 3.05) is 7.05 Å². The number of aliphatic imine (C=N–C) groups is 1. The van der Waals surface area contributed by atoms with E-state index in [4.69, 9.17) is 0 Å². The van der Waals surface area contributed by atoms with Crippen LogP contribution >= 0.6 is 11.3 Å². The van der Waals surface area contributed by atoms with Gasteiger partial charge < -0.3 is 15.2 Å². The summed E-state index contributed by atoms with van der Waals surface area (Å²) in [5, 5.41) is 6.91. The molecule has 3 rings (SSSR count). The van der Waals surface area contributed by atoms with Crippen LogP contribution in [0, 0.1) is 13.8 Å². The van der Waals surface area contributed by atoms with Crippen LogP contribution in [-0.4, -0.2) is 28.6 Å². The summed E-state index contributed by atoms with van der Waals surface area (Å²) >= 11 is 1.86. The highest BCUT2D eigenvalue weighted by Gasteiger charge is 2.08. The fourth-order valence-corrected chi connectivity index (χ4v) is 4.19. The molecule has 0 fully saturated rings. The summed E-state index contributed by atoms with van der Waals surface area (Å²) < 4.78 is 2.15. The molecule has 1 unspecified atom stereocenters. The monoisotopic (exact) mass is 395 g/mol. The molecular weight excluding hydrogens is 366 g/mol. The van der Waals surface area contributed by atoms with Gasteiger partial charge in [-0.3, -0.25) is 4.99 Å². The quantitative estimate of drug-likeness (QED) is 0.471. The Labute approximate surface area is 171 Å². The van der Waals surface area contributed by atoms with Gasteiger partial charge in [0.25, 0.3) is 0 Å². The Bertz CT molecular complexity index is 924. The summed E-state index contributed by atoms with van der Waals surface area (Å²) in [4.78, 5) is 11.4. The van der Waals surface area contributed by atoms with E-state index in [9.17, 15) is 0 Å². The average Bonchev–Trinajstić information content (AvgIpc) is 3.27. The first kappa shape index (κ1) is 20.1. The van der Waals surface area contributed by atoms with Crippen molar-refractivity contribution in [1.29, 1.82) is 0 Å². The van der Waals surface area contributed by atoms with E-state index < -0.39 is 0 Å². The maximum Gasteiger partial charge on any atom is 0.191 e. The molecule has 2 heterocycles. The molecule has 0 aliphatic carbocycles. The molecule has 0 aliphatic heterocycles. The van der Waals surface area contributed by atoms with Gasteiger partial charge in [-0.2, -0.15) is 0 Å². The summed E-state index contributed by atoms with van der Waals surface area (Å²) in [5.74, 6) is 1.86. The number of imidazole rings is 1. The second-order valence-corrected chi connectivity index (χ2v) is 8.48. The number of hydrogen-bond acceptors (Lipinski definition) is 3. The van der Waals surface area contributed by atoms with Crippen molar-refractivity contribution in [1.82, 2.24) is 20.2 Å². The van der Waals surface area contributed by atoms with Crippen LogP contribution in [0.15, 0.2) is 53.8 Å². The molecule has 0 saturated carbocycles. The minimum atomic E-state index is 0.319. The molecule has 148 valence electrons. The number of benzene rings is 1. The molecule has 2 N–H and O–H groups in total. The van der Waals surface area contributed by atoms with Gasteiger partial charge in [0.2, 0.25) is 0 Å². The number of hydrogen-bond donors (Lipinski definition) is 2. The normalized spacial score (nSPS) is 12.8. The van der Waals surface area contributed by atoms with Crippen molar-refractivity contribution in [3.05, 3.63) is 75.5 Å². The van der Waals surface area contributed by atoms with Gasteiger partial charge >= 0.3 is 0 Å². The van der Waals surface area contributed by atoms with Crippen LogP contribution in [0.5, 0.6) is 0 Å². The zero-order chi connectivity index (χ0) is 19.9. The van der Waals surface area contributed by atoms with Crippen LogP contribution < -0.4 is 10.6 Å². The highest BCUT2D eigenvalue weighted by atomic mass is 32.1. The lowest BCUT2D eigenvalue weighted by Gasteiger charge is -2.17. The van der Waals surface area contributed by atoms with Crippen molar-refractivity contribution in [2.24, 2.45) is 4.99 Å². The van der Waals surface area contributed by atoms with Gasteiger partial charge in [0, 0.05) is 54.7 Å². The maximum atomic E-state index is 4.37. The van der Waals surface area contributed by atoms with Crippen molar-refractivity contribution in [2.45, 2.75) is 46.3 Å². The molecule has 0 amide bonds. The highest BCUT2D eigenvalue weighted by Crippen LogP contribution is 2.16. The maximum absolute atomic E-state index is 4.37. The molecule has 0 bridgehead atoms. The molecule has 0 spiro atoms. The Balaban J connectivity index is 1.53. The van der Waals surface area contributed by atoms with Crippen molar-refractivity contribution >= 4 is 17.3 Å². The number of nitrogens with zero attached hydrogens (tertiary/aromatic N) is 3. The largest absolute Gasteiger partial charge is 0.354 e. The van der Waals surface area contributed by atoms with E-state index in [1.54, 1.807) is 0 Å². The Morgan fingerprint density at radius 2 is 2.04 bits per heavy atom. The van der Waals surface area contributed by atoms with E-state index in [-0.39, 0.29) is 0 Å². The summed E-state index contributed by atoms with van der Waals surface area (Å²) in [7, 11) is 1.82. The molecule has 2 aromatic heterocycles. The Morgan fingerprint density at radius 1 is 1.21 bits per heavy atom. The molecule has 6 heteroatoms. The zero-order valence-electron chi connectivity index (χ0n) is 17.1. The number of nitrogens with one attached hydrogen (secondary N) is 2. The lowest BCUT2D eigenvalue weighted by atomic mass is 10.1. The smallest absolute Gasteiger partial charge is 0.191 e. The second kappa shape index (κ2) is 9.55. The standard InChI is InChI=1S/C22H29N5S/c1-16(12-21-9-8-17(2)28-21)26-22(23-4)25-14-19-6-5-7-20(13-19)15-27-11-10-24-18(27)3/h5-11,13,16H,12,14-15H2,1-4H3,(H2,23,25,26). The molecule has 0 radical (unpaired) electrons. The van der Waals surface area contributed by atoms with E-state index in [0.29, 0.717) is 6.04 Å². The van der Waals surface area contributed by atoms with E-state index in [1.165, 1.54) is 20.9 Å². The van der Waals surface area contributed by atoms with Gasteiger partial charge in [0.1, 0.15) is 5.82 Å². The summed E-state index contributed by atoms with van der Waals surface area (Å²) in [6, 6.07) is 13.3. The van der Waals surface area contributed by atoms with E-state index in [0.717, 1.165) is 31.3 Å². The van der Waals surface area contributed by atoms with Crippen molar-refractivity contribution in [3.8, 4) is 0 Å². The first-order valence-electron chi connectivity index (χ1n) is 9.61. The molecule has 3 aromatic rings. The number of thiophene rings is 1. The summed E-state index contributed by atoms with van der Waals surface area (Å²) in [5.41, 5.74) is 2.50. The van der Waals surface area contributed by atoms with Crippen molar-refractivity contribution < 1.29 is 0 Å². The van der Waals surface area contributed by atoms with Crippen molar-refractivity contribution in [3.63, 3.8) is 0 Å². The molecular formula is C22H29N5S. The average molecular weight is 396 g/mol. The van der Waals surface area contributed by atoms with Gasteiger partial charge in [-0.1, -0.05) is 24.3 Å². The van der Waals surface area contributed by atoms with Crippen LogP contribution in [0.2, 0.25) is 0 Å². The Morgan fingerprint density at radius 3 is 2.71 bits per heavy atom. The predicted molar refractivity (Wildman–Crippen MR) is 118 cm³/mol. The topological polar surface area (TPSA) is 54.2 Å². The van der Waals surface area contributed by atoms with Crippen LogP contribution in [0.3, 0.4) is 0 Å². The number of guanidine groups is 1. The van der Waals surface area contributed by atoms with Gasteiger partial charge in [-0.25, -0.2) is 4.98 Å². The van der Waals surface area contributed by atoms with Gasteiger partial charge in [-0.05, 0) is 44.0 Å². The Hall–Kier alpha value is -2.60. The molecule has 0 aliphatic rings. The first-order valence-corrected chi connectivity index (χ1v) is 10.4. The molecule has 1 aromatic carbocycles. The minimum Gasteiger partial charge on any atom is -0.354 e. The van der Waals surface area contributed by atoms with E-state index in [1.807, 2.05) is 37.7 Å². The lowest BCUT2D eigenvalue weighted by Crippen LogP contribution is -2.42. The zero-order valence-corrected chi connectivity index (χ0v) is 17.9. The highest BCUT2D eigenvalue weighted by molar-refractivity contribution is 7.11. The SMILES string of the molecule is CN=C(NCc1cccc(Cn2ccnc2C)c1)NC(C)Cc1ccc(C)s1. The van der Waals surface area contributed by atoms with E-state index in [2.05, 4.69) is 75.4 Å². The van der Waals surface area contributed by atoms with Crippen LogP contribution in [0.4, 0.5) is 0 Å². The predicted octanol–water partition coefficient (Wildman–Crippen LogP) is 3.91. The molecule has 0 saturated heterocycles. The fourth-order valence-electron chi connectivity index (χ4n) is 3.17. The first-order chi connectivity index (χ1) is 13.5. The molecule has 5 nitrogen and oxygen atoms in total. The third-order valence-electron chi connectivity index (χ3n) is 4.64. The summed E-state index contributed by atoms with van der Waals surface area (Å²) in [6.45, 7) is 7.94. The lowest BCUT2D eigenvalue weighted by molar-refractivity contribution is 0.645. The summed E-state index contributed by atoms with van der Waals surface area (Å²) in [6.07, 6.45) is 4.86. The third-order valence-corrected chi connectivity index (χ3v) is 5.66. The fraction of sp³-hybridized carbons (Fsp3) is 0.364. The Kier molecular flexibility index (Phi) is 6.87. The third kappa shape index (κ3) is 5.70. The van der Waals surface area contributed by atoms with Gasteiger partial charge in [-0.15, -0.1) is 11.3 Å². The van der Waals surface area contributed by atoms with Crippen LogP contribution in [0.1, 0.15) is 33.6 Å².